The van der Waals surface area contributed by atoms with Gasteiger partial charge in [-0.05, 0) is 36.4 Å². The number of ether oxygens (including phenoxy) is 3. The fourth-order valence-electron chi connectivity index (χ4n) is 3.11. The SMILES string of the molecule is CO/N=C/[C@H](OC(=O)c1ccccc1)[C@H](OC(=O)c1ccccc1)[C@@H](O)COC(=O)c1ccccc1. The van der Waals surface area contributed by atoms with Crippen LogP contribution in [0.3, 0.4) is 0 Å². The molecule has 3 atom stereocenters. The Morgan fingerprint density at radius 2 is 1.19 bits per heavy atom. The first-order chi connectivity index (χ1) is 17.5. The molecule has 0 bridgehead atoms. The summed E-state index contributed by atoms with van der Waals surface area (Å²) in [6.07, 6.45) is -3.38. The second-order valence-corrected chi connectivity index (χ2v) is 7.44. The van der Waals surface area contributed by atoms with E-state index < -0.39 is 42.8 Å². The minimum Gasteiger partial charge on any atom is -0.459 e. The molecule has 186 valence electrons. The van der Waals surface area contributed by atoms with Gasteiger partial charge in [0.15, 0.2) is 12.2 Å². The van der Waals surface area contributed by atoms with Crippen LogP contribution in [0.25, 0.3) is 0 Å². The van der Waals surface area contributed by atoms with Crippen LogP contribution in [0.5, 0.6) is 0 Å². The molecule has 0 spiro atoms. The molecule has 3 aromatic carbocycles. The Hall–Kier alpha value is -4.50. The van der Waals surface area contributed by atoms with E-state index in [0.717, 1.165) is 6.21 Å². The van der Waals surface area contributed by atoms with Gasteiger partial charge in [0.1, 0.15) is 19.8 Å². The average Bonchev–Trinajstić information content (AvgIpc) is 2.93. The molecule has 0 amide bonds. The molecule has 0 saturated carbocycles. The molecule has 9 heteroatoms. The summed E-state index contributed by atoms with van der Waals surface area (Å²) in [4.78, 5) is 42.6. The molecule has 0 radical (unpaired) electrons. The Morgan fingerprint density at radius 1 is 0.750 bits per heavy atom. The van der Waals surface area contributed by atoms with Crippen molar-refractivity contribution in [1.29, 1.82) is 0 Å². The van der Waals surface area contributed by atoms with Crippen molar-refractivity contribution >= 4 is 24.1 Å². The van der Waals surface area contributed by atoms with E-state index in [1.807, 2.05) is 0 Å². The zero-order chi connectivity index (χ0) is 25.8. The number of carbonyl (C=O) groups is 3. The summed E-state index contributed by atoms with van der Waals surface area (Å²) in [5.74, 6) is -2.23. The maximum atomic E-state index is 12.8. The highest BCUT2D eigenvalue weighted by atomic mass is 16.6. The summed E-state index contributed by atoms with van der Waals surface area (Å²) in [5, 5.41) is 14.5. The largest absolute Gasteiger partial charge is 0.459 e. The Labute approximate surface area is 207 Å². The monoisotopic (exact) mass is 491 g/mol. The predicted molar refractivity (Wildman–Crippen MR) is 130 cm³/mol. The highest BCUT2D eigenvalue weighted by Gasteiger charge is 2.36. The van der Waals surface area contributed by atoms with Gasteiger partial charge in [0, 0.05) is 0 Å². The number of hydrogen-bond donors (Lipinski definition) is 1. The summed E-state index contributed by atoms with van der Waals surface area (Å²) in [6.45, 7) is -0.555. The molecule has 3 aromatic rings. The minimum atomic E-state index is -1.58. The van der Waals surface area contributed by atoms with Crippen LogP contribution in [0.15, 0.2) is 96.2 Å². The molecule has 3 rings (SSSR count). The number of oxime groups is 1. The third-order valence-corrected chi connectivity index (χ3v) is 4.92. The Balaban J connectivity index is 1.83. The van der Waals surface area contributed by atoms with Crippen LogP contribution < -0.4 is 0 Å². The number of esters is 3. The van der Waals surface area contributed by atoms with Crippen LogP contribution in [-0.2, 0) is 19.0 Å². The molecule has 36 heavy (non-hydrogen) atoms. The third-order valence-electron chi connectivity index (χ3n) is 4.92. The van der Waals surface area contributed by atoms with E-state index in [9.17, 15) is 19.5 Å². The normalized spacial score (nSPS) is 13.3. The van der Waals surface area contributed by atoms with Gasteiger partial charge in [-0.1, -0.05) is 59.8 Å². The highest BCUT2D eigenvalue weighted by molar-refractivity contribution is 5.92. The van der Waals surface area contributed by atoms with Crippen molar-refractivity contribution in [3.8, 4) is 0 Å². The van der Waals surface area contributed by atoms with Gasteiger partial charge in [-0.25, -0.2) is 14.4 Å². The number of carbonyl (C=O) groups excluding carboxylic acids is 3. The Morgan fingerprint density at radius 3 is 1.67 bits per heavy atom. The van der Waals surface area contributed by atoms with Gasteiger partial charge in [-0.15, -0.1) is 0 Å². The van der Waals surface area contributed by atoms with Crippen LogP contribution in [0, 0.1) is 0 Å². The summed E-state index contributed by atoms with van der Waals surface area (Å²) in [7, 11) is 1.27. The summed E-state index contributed by atoms with van der Waals surface area (Å²) >= 11 is 0. The predicted octanol–water partition coefficient (Wildman–Crippen LogP) is 3.29. The average molecular weight is 491 g/mol. The third kappa shape index (κ3) is 7.51. The molecule has 9 nitrogen and oxygen atoms in total. The summed E-state index contributed by atoms with van der Waals surface area (Å²) in [5.41, 5.74) is 0.703. The molecule has 0 aliphatic rings. The number of aliphatic hydroxyl groups is 1. The molecule has 0 aliphatic carbocycles. The first-order valence-corrected chi connectivity index (χ1v) is 11.0. The van der Waals surface area contributed by atoms with E-state index in [1.54, 1.807) is 66.7 Å². The fraction of sp³-hybridized carbons (Fsp3) is 0.185. The molecule has 1 N–H and O–H groups in total. The molecular weight excluding hydrogens is 466 g/mol. The lowest BCUT2D eigenvalue weighted by Crippen LogP contribution is -2.46. The van der Waals surface area contributed by atoms with E-state index in [2.05, 4.69) is 5.16 Å². The quantitative estimate of drug-likeness (QED) is 0.188. The first kappa shape index (κ1) is 26.1. The zero-order valence-corrected chi connectivity index (χ0v) is 19.4. The van der Waals surface area contributed by atoms with Gasteiger partial charge in [-0.2, -0.15) is 0 Å². The van der Waals surface area contributed by atoms with Crippen LogP contribution in [0.4, 0.5) is 0 Å². The van der Waals surface area contributed by atoms with Crippen molar-refractivity contribution in [2.24, 2.45) is 5.16 Å². The van der Waals surface area contributed by atoms with Gasteiger partial charge in [0.25, 0.3) is 0 Å². The van der Waals surface area contributed by atoms with Gasteiger partial charge in [-0.3, -0.25) is 0 Å². The number of aliphatic hydroxyl groups excluding tert-OH is 1. The summed E-state index contributed by atoms with van der Waals surface area (Å²) in [6, 6.07) is 24.3. The van der Waals surface area contributed by atoms with Gasteiger partial charge in [0.05, 0.1) is 22.9 Å². The second kappa shape index (κ2) is 13.4. The lowest BCUT2D eigenvalue weighted by atomic mass is 10.1. The van der Waals surface area contributed by atoms with Crippen molar-refractivity contribution < 1.29 is 38.5 Å². The number of rotatable bonds is 11. The fourth-order valence-corrected chi connectivity index (χ4v) is 3.11. The molecular formula is C27H25NO8. The van der Waals surface area contributed by atoms with Crippen LogP contribution in [0.1, 0.15) is 31.1 Å². The number of hydrogen-bond acceptors (Lipinski definition) is 9. The van der Waals surface area contributed by atoms with Crippen molar-refractivity contribution in [2.75, 3.05) is 13.7 Å². The van der Waals surface area contributed by atoms with E-state index in [4.69, 9.17) is 19.0 Å². The van der Waals surface area contributed by atoms with E-state index >= 15 is 0 Å². The molecule has 0 aromatic heterocycles. The lowest BCUT2D eigenvalue weighted by molar-refractivity contribution is -0.0784. The van der Waals surface area contributed by atoms with E-state index in [-0.39, 0.29) is 16.7 Å². The van der Waals surface area contributed by atoms with E-state index in [1.165, 1.54) is 31.4 Å². The van der Waals surface area contributed by atoms with Gasteiger partial charge >= 0.3 is 17.9 Å². The number of benzene rings is 3. The highest BCUT2D eigenvalue weighted by Crippen LogP contribution is 2.16. The standard InChI is InChI=1S/C27H25NO8/c1-33-28-17-23(35-26(31)20-13-7-3-8-14-20)24(36-27(32)21-15-9-4-10-16-21)22(29)18-34-25(30)19-11-5-2-6-12-19/h2-17,22-24,29H,18H2,1H3/b28-17+/t22-,23-,24+/m0/s1. The lowest BCUT2D eigenvalue weighted by Gasteiger charge is -2.28. The maximum Gasteiger partial charge on any atom is 0.338 e. The summed E-state index contributed by atoms with van der Waals surface area (Å²) < 4.78 is 16.2. The van der Waals surface area contributed by atoms with Gasteiger partial charge < -0.3 is 24.2 Å². The van der Waals surface area contributed by atoms with Crippen LogP contribution in [-0.4, -0.2) is 61.3 Å². The Bertz CT molecular complexity index is 1150. The molecule has 0 heterocycles. The molecule has 0 aliphatic heterocycles. The maximum absolute atomic E-state index is 12.8. The number of nitrogens with zero attached hydrogens (tertiary/aromatic N) is 1. The van der Waals surface area contributed by atoms with Crippen LogP contribution in [0.2, 0.25) is 0 Å². The Kier molecular flexibility index (Phi) is 9.72. The smallest absolute Gasteiger partial charge is 0.338 e. The minimum absolute atomic E-state index is 0.202. The van der Waals surface area contributed by atoms with Crippen molar-refractivity contribution in [3.63, 3.8) is 0 Å². The van der Waals surface area contributed by atoms with E-state index in [0.29, 0.717) is 0 Å². The van der Waals surface area contributed by atoms with Crippen LogP contribution >= 0.6 is 0 Å². The zero-order valence-electron chi connectivity index (χ0n) is 19.4. The van der Waals surface area contributed by atoms with Gasteiger partial charge in [0.2, 0.25) is 0 Å². The first-order valence-electron chi connectivity index (χ1n) is 11.0. The molecule has 0 fully saturated rings. The molecule has 0 saturated heterocycles. The molecule has 0 unspecified atom stereocenters. The second-order valence-electron chi connectivity index (χ2n) is 7.44. The van der Waals surface area contributed by atoms with Crippen molar-refractivity contribution in [1.82, 2.24) is 0 Å². The van der Waals surface area contributed by atoms with Crippen molar-refractivity contribution in [2.45, 2.75) is 18.3 Å². The van der Waals surface area contributed by atoms with Crippen molar-refractivity contribution in [3.05, 3.63) is 108 Å². The topological polar surface area (TPSA) is 121 Å².